The molecule has 0 rings (SSSR count). The van der Waals surface area contributed by atoms with Crippen molar-refractivity contribution in [2.24, 2.45) is 0 Å². The fourth-order valence-electron chi connectivity index (χ4n) is 0.326. The van der Waals surface area contributed by atoms with E-state index in [1.807, 2.05) is 6.92 Å². The molecule has 0 saturated carbocycles. The highest BCUT2D eigenvalue weighted by Crippen LogP contribution is 1.66. The van der Waals surface area contributed by atoms with E-state index in [1.165, 1.54) is 6.08 Å². The van der Waals surface area contributed by atoms with Gasteiger partial charge in [-0.25, -0.2) is 5.43 Å². The lowest BCUT2D eigenvalue weighted by molar-refractivity contribution is -0.134. The van der Waals surface area contributed by atoms with Crippen LogP contribution in [0, 0.1) is 0 Å². The molecular weight excluding hydrogens is 172 g/mol. The largest absolute Gasteiger partial charge is 0.481 e. The number of carbonyl (C=O) groups is 2. The van der Waals surface area contributed by atoms with Crippen molar-refractivity contribution < 1.29 is 14.7 Å². The van der Waals surface area contributed by atoms with Gasteiger partial charge in [0.1, 0.15) is 0 Å². The molecule has 0 radical (unpaired) electrons. The molecule has 0 aromatic carbocycles. The van der Waals surface area contributed by atoms with Gasteiger partial charge < -0.3 is 5.11 Å². The number of nitrogens with one attached hydrogen (secondary N) is 2. The van der Waals surface area contributed by atoms with Crippen molar-refractivity contribution in [3.8, 4) is 0 Å². The monoisotopic (exact) mass is 188 g/mol. The molecule has 0 aliphatic rings. The molecule has 0 unspecified atom stereocenters. The van der Waals surface area contributed by atoms with Crippen LogP contribution in [0.15, 0.2) is 12.7 Å². The van der Waals surface area contributed by atoms with Gasteiger partial charge in [0.2, 0.25) is 0 Å². The van der Waals surface area contributed by atoms with Crippen LogP contribution in [0.2, 0.25) is 0 Å². The van der Waals surface area contributed by atoms with Crippen LogP contribution in [0.4, 0.5) is 0 Å². The highest BCUT2D eigenvalue weighted by molar-refractivity contribution is 5.86. The minimum absolute atomic E-state index is 0.191. The van der Waals surface area contributed by atoms with Gasteiger partial charge in [-0.2, -0.15) is 0 Å². The van der Waals surface area contributed by atoms with E-state index in [9.17, 15) is 4.79 Å². The predicted molar refractivity (Wildman–Crippen MR) is 49.9 cm³/mol. The Bertz CT molecular complexity index is 165. The van der Waals surface area contributed by atoms with E-state index in [0.717, 1.165) is 19.9 Å². The number of hydrogen-bond donors (Lipinski definition) is 3. The van der Waals surface area contributed by atoms with Crippen LogP contribution in [0.3, 0.4) is 0 Å². The number of hydrazine groups is 1. The Labute approximate surface area is 77.8 Å². The van der Waals surface area contributed by atoms with Gasteiger partial charge in [0, 0.05) is 13.5 Å². The Balaban J connectivity index is 0. The molecule has 0 aromatic rings. The van der Waals surface area contributed by atoms with E-state index >= 15 is 0 Å². The van der Waals surface area contributed by atoms with Gasteiger partial charge >= 0.3 is 0 Å². The Morgan fingerprint density at radius 1 is 1.54 bits per heavy atom. The summed E-state index contributed by atoms with van der Waals surface area (Å²) in [5, 5.41) is 7.42. The van der Waals surface area contributed by atoms with Crippen LogP contribution in [-0.4, -0.2) is 23.5 Å². The van der Waals surface area contributed by atoms with Gasteiger partial charge in [-0.05, 0) is 12.5 Å². The first-order chi connectivity index (χ1) is 6.04. The lowest BCUT2D eigenvalue weighted by atomic mass is 10.5. The molecule has 3 N–H and O–H groups in total. The molecule has 0 aliphatic carbocycles. The molecule has 5 nitrogen and oxygen atoms in total. The van der Waals surface area contributed by atoms with Crippen LogP contribution < -0.4 is 10.9 Å². The second kappa shape index (κ2) is 10.6. The van der Waals surface area contributed by atoms with Crippen LogP contribution >= 0.6 is 0 Å². The Kier molecular flexibility index (Phi) is 11.6. The maximum atomic E-state index is 10.4. The number of amides is 1. The number of aliphatic carboxylic acids is 1. The standard InChI is InChI=1S/C6H12N2O.C2H4O2/c1-3-5-7-8-6(9)4-2;1-2(3)4/h4,7H,2-3,5H2,1H3,(H,8,9);1H3,(H,3,4). The van der Waals surface area contributed by atoms with E-state index in [1.54, 1.807) is 0 Å². The molecule has 5 heteroatoms. The number of carbonyl (C=O) groups excluding carboxylic acids is 1. The first-order valence-corrected chi connectivity index (χ1v) is 3.89. The van der Waals surface area contributed by atoms with E-state index < -0.39 is 5.97 Å². The van der Waals surface area contributed by atoms with E-state index in [0.29, 0.717) is 0 Å². The molecule has 0 aromatic heterocycles. The van der Waals surface area contributed by atoms with Crippen molar-refractivity contribution >= 4 is 11.9 Å². The number of carboxylic acid groups (broad SMARTS) is 1. The van der Waals surface area contributed by atoms with Crippen molar-refractivity contribution in [1.29, 1.82) is 0 Å². The highest BCUT2D eigenvalue weighted by Gasteiger charge is 1.87. The first-order valence-electron chi connectivity index (χ1n) is 3.89. The van der Waals surface area contributed by atoms with Gasteiger partial charge in [-0.1, -0.05) is 13.5 Å². The molecule has 0 fully saturated rings. The average molecular weight is 188 g/mol. The molecular formula is C8H16N2O3. The molecule has 1 amide bonds. The quantitative estimate of drug-likeness (QED) is 0.337. The van der Waals surface area contributed by atoms with Gasteiger partial charge in [-0.3, -0.25) is 15.0 Å². The Morgan fingerprint density at radius 3 is 2.31 bits per heavy atom. The van der Waals surface area contributed by atoms with Crippen LogP contribution in [-0.2, 0) is 9.59 Å². The molecule has 13 heavy (non-hydrogen) atoms. The zero-order chi connectivity index (χ0) is 10.7. The van der Waals surface area contributed by atoms with Gasteiger partial charge in [0.05, 0.1) is 0 Å². The maximum absolute atomic E-state index is 10.4. The molecule has 0 atom stereocenters. The summed E-state index contributed by atoms with van der Waals surface area (Å²) in [4.78, 5) is 19.4. The normalized spacial score (nSPS) is 7.85. The first kappa shape index (κ1) is 14.2. The lowest BCUT2D eigenvalue weighted by Gasteiger charge is -2.00. The molecule has 76 valence electrons. The second-order valence-corrected chi connectivity index (χ2v) is 2.14. The highest BCUT2D eigenvalue weighted by atomic mass is 16.4. The maximum Gasteiger partial charge on any atom is 0.300 e. The van der Waals surface area contributed by atoms with Gasteiger partial charge in [0.15, 0.2) is 0 Å². The van der Waals surface area contributed by atoms with Gasteiger partial charge in [0.25, 0.3) is 11.9 Å². The van der Waals surface area contributed by atoms with Crippen molar-refractivity contribution in [3.05, 3.63) is 12.7 Å². The van der Waals surface area contributed by atoms with E-state index in [-0.39, 0.29) is 5.91 Å². The molecule has 0 spiro atoms. The zero-order valence-electron chi connectivity index (χ0n) is 7.96. The molecule has 0 saturated heterocycles. The third-order valence-electron chi connectivity index (χ3n) is 0.772. The van der Waals surface area contributed by atoms with E-state index in [2.05, 4.69) is 17.4 Å². The summed E-state index contributed by atoms with van der Waals surface area (Å²) in [5.74, 6) is -1.02. The minimum Gasteiger partial charge on any atom is -0.481 e. The molecule has 0 heterocycles. The van der Waals surface area contributed by atoms with Crippen molar-refractivity contribution in [1.82, 2.24) is 10.9 Å². The van der Waals surface area contributed by atoms with E-state index in [4.69, 9.17) is 9.90 Å². The number of carboxylic acids is 1. The molecule has 0 aliphatic heterocycles. The summed E-state index contributed by atoms with van der Waals surface area (Å²) in [6.45, 7) is 7.18. The summed E-state index contributed by atoms with van der Waals surface area (Å²) in [5.41, 5.74) is 5.14. The Morgan fingerprint density at radius 2 is 2.00 bits per heavy atom. The third-order valence-corrected chi connectivity index (χ3v) is 0.772. The fraction of sp³-hybridized carbons (Fsp3) is 0.500. The summed E-state index contributed by atoms with van der Waals surface area (Å²) in [7, 11) is 0. The van der Waals surface area contributed by atoms with Crippen LogP contribution in [0.5, 0.6) is 0 Å². The zero-order valence-corrected chi connectivity index (χ0v) is 7.96. The average Bonchev–Trinajstić information content (AvgIpc) is 2.03. The fourth-order valence-corrected chi connectivity index (χ4v) is 0.326. The summed E-state index contributed by atoms with van der Waals surface area (Å²) in [6, 6.07) is 0. The van der Waals surface area contributed by atoms with Crippen molar-refractivity contribution in [2.45, 2.75) is 20.3 Å². The Hall–Kier alpha value is -1.36. The van der Waals surface area contributed by atoms with Crippen molar-refractivity contribution in [2.75, 3.05) is 6.54 Å². The predicted octanol–water partition coefficient (Wildman–Crippen LogP) is 0.294. The van der Waals surface area contributed by atoms with Crippen LogP contribution in [0.1, 0.15) is 20.3 Å². The lowest BCUT2D eigenvalue weighted by Crippen LogP contribution is -2.36. The molecule has 0 bridgehead atoms. The number of rotatable bonds is 4. The SMILES string of the molecule is C=CC(=O)NNCCC.CC(=O)O. The summed E-state index contributed by atoms with van der Waals surface area (Å²) < 4.78 is 0. The summed E-state index contributed by atoms with van der Waals surface area (Å²) in [6.07, 6.45) is 2.22. The third kappa shape index (κ3) is 25.0. The van der Waals surface area contributed by atoms with Crippen LogP contribution in [0.25, 0.3) is 0 Å². The topological polar surface area (TPSA) is 78.4 Å². The second-order valence-electron chi connectivity index (χ2n) is 2.14. The minimum atomic E-state index is -0.833. The number of hydrogen-bond acceptors (Lipinski definition) is 3. The van der Waals surface area contributed by atoms with Gasteiger partial charge in [-0.15, -0.1) is 0 Å². The summed E-state index contributed by atoms with van der Waals surface area (Å²) >= 11 is 0. The smallest absolute Gasteiger partial charge is 0.300 e. The van der Waals surface area contributed by atoms with Crippen molar-refractivity contribution in [3.63, 3.8) is 0 Å².